The highest BCUT2D eigenvalue weighted by Gasteiger charge is 2.21. The SMILES string of the molecule is Cc1nn(CC(N)=O)c(C)c1-c1cccc(C(C)N2CCCC2)c1. The van der Waals surface area contributed by atoms with E-state index < -0.39 is 0 Å². The number of carbonyl (C=O) groups is 1. The zero-order valence-electron chi connectivity index (χ0n) is 14.7. The van der Waals surface area contributed by atoms with Crippen molar-refractivity contribution in [3.63, 3.8) is 0 Å². The van der Waals surface area contributed by atoms with Gasteiger partial charge in [0.15, 0.2) is 0 Å². The molecule has 5 heteroatoms. The Morgan fingerprint density at radius 2 is 2.00 bits per heavy atom. The van der Waals surface area contributed by atoms with Crippen molar-refractivity contribution >= 4 is 5.91 Å². The van der Waals surface area contributed by atoms with E-state index in [-0.39, 0.29) is 12.5 Å². The Morgan fingerprint density at radius 3 is 2.67 bits per heavy atom. The van der Waals surface area contributed by atoms with E-state index >= 15 is 0 Å². The predicted molar refractivity (Wildman–Crippen MR) is 95.6 cm³/mol. The van der Waals surface area contributed by atoms with E-state index in [1.54, 1.807) is 4.68 Å². The van der Waals surface area contributed by atoms with Gasteiger partial charge in [-0.15, -0.1) is 0 Å². The van der Waals surface area contributed by atoms with Crippen molar-refractivity contribution in [3.8, 4) is 11.1 Å². The minimum absolute atomic E-state index is 0.122. The highest BCUT2D eigenvalue weighted by Crippen LogP contribution is 2.31. The number of likely N-dealkylation sites (tertiary alicyclic amines) is 1. The largest absolute Gasteiger partial charge is 0.368 e. The van der Waals surface area contributed by atoms with Gasteiger partial charge in [-0.05, 0) is 63.9 Å². The fourth-order valence-electron chi connectivity index (χ4n) is 3.71. The van der Waals surface area contributed by atoms with Gasteiger partial charge >= 0.3 is 0 Å². The van der Waals surface area contributed by atoms with Gasteiger partial charge in [0.2, 0.25) is 5.91 Å². The Labute approximate surface area is 143 Å². The maximum absolute atomic E-state index is 11.2. The lowest BCUT2D eigenvalue weighted by Gasteiger charge is -2.24. The smallest absolute Gasteiger partial charge is 0.239 e. The fraction of sp³-hybridized carbons (Fsp3) is 0.474. The molecule has 1 atom stereocenters. The van der Waals surface area contributed by atoms with Crippen LogP contribution in [0.2, 0.25) is 0 Å². The molecule has 0 spiro atoms. The van der Waals surface area contributed by atoms with Crippen molar-refractivity contribution in [1.82, 2.24) is 14.7 Å². The highest BCUT2D eigenvalue weighted by molar-refractivity contribution is 5.75. The molecule has 0 saturated carbocycles. The monoisotopic (exact) mass is 326 g/mol. The molecular formula is C19H26N4O. The molecule has 1 aromatic carbocycles. The number of carbonyl (C=O) groups excluding carboxylic acids is 1. The number of benzene rings is 1. The van der Waals surface area contributed by atoms with Gasteiger partial charge in [0.25, 0.3) is 0 Å². The normalized spacial score (nSPS) is 16.5. The number of rotatable bonds is 5. The summed E-state index contributed by atoms with van der Waals surface area (Å²) in [4.78, 5) is 13.8. The average Bonchev–Trinajstić information content (AvgIpc) is 3.16. The van der Waals surface area contributed by atoms with Gasteiger partial charge in [-0.25, -0.2) is 0 Å². The average molecular weight is 326 g/mol. The van der Waals surface area contributed by atoms with Crippen LogP contribution in [0.1, 0.15) is 42.8 Å². The maximum Gasteiger partial charge on any atom is 0.239 e. The molecule has 128 valence electrons. The zero-order chi connectivity index (χ0) is 17.3. The number of amides is 1. The van der Waals surface area contributed by atoms with Crippen LogP contribution in [0.15, 0.2) is 24.3 Å². The third-order valence-corrected chi connectivity index (χ3v) is 5.03. The molecule has 2 heterocycles. The molecule has 0 radical (unpaired) electrons. The predicted octanol–water partition coefficient (Wildman–Crippen LogP) is 2.81. The van der Waals surface area contributed by atoms with Crippen molar-refractivity contribution in [2.75, 3.05) is 13.1 Å². The van der Waals surface area contributed by atoms with Crippen LogP contribution in [0.25, 0.3) is 11.1 Å². The molecule has 1 aliphatic rings. The maximum atomic E-state index is 11.2. The first-order chi connectivity index (χ1) is 11.5. The Balaban J connectivity index is 1.94. The summed E-state index contributed by atoms with van der Waals surface area (Å²) in [7, 11) is 0. The number of primary amides is 1. The van der Waals surface area contributed by atoms with E-state index in [1.807, 2.05) is 13.8 Å². The molecular weight excluding hydrogens is 300 g/mol. The third-order valence-electron chi connectivity index (χ3n) is 5.03. The van der Waals surface area contributed by atoms with Crippen molar-refractivity contribution < 1.29 is 4.79 Å². The summed E-state index contributed by atoms with van der Waals surface area (Å²) in [6.45, 7) is 8.74. The zero-order valence-corrected chi connectivity index (χ0v) is 14.7. The van der Waals surface area contributed by atoms with Crippen LogP contribution in [0.5, 0.6) is 0 Å². The number of hydrogen-bond donors (Lipinski definition) is 1. The summed E-state index contributed by atoms with van der Waals surface area (Å²) in [5.74, 6) is -0.372. The van der Waals surface area contributed by atoms with Crippen LogP contribution in [-0.2, 0) is 11.3 Å². The summed E-state index contributed by atoms with van der Waals surface area (Å²) in [5, 5.41) is 4.48. The lowest BCUT2D eigenvalue weighted by atomic mass is 9.98. The topological polar surface area (TPSA) is 64.2 Å². The second-order valence-corrected chi connectivity index (χ2v) is 6.71. The van der Waals surface area contributed by atoms with Crippen LogP contribution in [-0.4, -0.2) is 33.7 Å². The summed E-state index contributed by atoms with van der Waals surface area (Å²) in [6.07, 6.45) is 2.59. The molecule has 3 rings (SSSR count). The van der Waals surface area contributed by atoms with Crippen LogP contribution >= 0.6 is 0 Å². The number of nitrogens with two attached hydrogens (primary N) is 1. The van der Waals surface area contributed by atoms with Crippen LogP contribution in [0.3, 0.4) is 0 Å². The molecule has 1 aromatic heterocycles. The molecule has 1 aliphatic heterocycles. The van der Waals surface area contributed by atoms with Gasteiger partial charge in [0, 0.05) is 17.3 Å². The second kappa shape index (κ2) is 6.77. The standard InChI is InChI=1S/C19H26N4O/c1-13-19(15(3)23(21-13)12-18(20)24)17-8-6-7-16(11-17)14(2)22-9-4-5-10-22/h6-8,11,14H,4-5,9-10,12H2,1-3H3,(H2,20,24). The lowest BCUT2D eigenvalue weighted by Crippen LogP contribution is -2.23. The molecule has 2 aromatic rings. The first kappa shape index (κ1) is 16.7. The van der Waals surface area contributed by atoms with Gasteiger partial charge < -0.3 is 5.73 Å². The Morgan fingerprint density at radius 1 is 1.29 bits per heavy atom. The molecule has 1 amide bonds. The van der Waals surface area contributed by atoms with Crippen molar-refractivity contribution in [2.45, 2.75) is 46.2 Å². The van der Waals surface area contributed by atoms with E-state index in [4.69, 9.17) is 5.73 Å². The van der Waals surface area contributed by atoms with Crippen molar-refractivity contribution in [3.05, 3.63) is 41.2 Å². The summed E-state index contributed by atoms with van der Waals surface area (Å²) < 4.78 is 1.70. The molecule has 1 saturated heterocycles. The summed E-state index contributed by atoms with van der Waals surface area (Å²) in [6, 6.07) is 9.11. The van der Waals surface area contributed by atoms with Gasteiger partial charge in [-0.2, -0.15) is 5.10 Å². The minimum Gasteiger partial charge on any atom is -0.368 e. The number of nitrogens with zero attached hydrogens (tertiary/aromatic N) is 3. The summed E-state index contributed by atoms with van der Waals surface area (Å²) in [5.41, 5.74) is 10.8. The molecule has 5 nitrogen and oxygen atoms in total. The molecule has 1 fully saturated rings. The van der Waals surface area contributed by atoms with E-state index in [1.165, 1.54) is 31.5 Å². The van der Waals surface area contributed by atoms with Gasteiger partial charge in [-0.1, -0.05) is 18.2 Å². The Kier molecular flexibility index (Phi) is 4.71. The number of aromatic nitrogens is 2. The van der Waals surface area contributed by atoms with Crippen LogP contribution < -0.4 is 5.73 Å². The molecule has 1 unspecified atom stereocenters. The first-order valence-electron chi connectivity index (χ1n) is 8.64. The molecule has 0 aliphatic carbocycles. The van der Waals surface area contributed by atoms with E-state index in [9.17, 15) is 4.79 Å². The van der Waals surface area contributed by atoms with Crippen LogP contribution in [0, 0.1) is 13.8 Å². The van der Waals surface area contributed by atoms with Crippen molar-refractivity contribution in [2.24, 2.45) is 5.73 Å². The minimum atomic E-state index is -0.372. The highest BCUT2D eigenvalue weighted by atomic mass is 16.1. The number of aryl methyl sites for hydroxylation is 1. The molecule has 24 heavy (non-hydrogen) atoms. The first-order valence-corrected chi connectivity index (χ1v) is 8.64. The van der Waals surface area contributed by atoms with Gasteiger partial charge in [-0.3, -0.25) is 14.4 Å². The second-order valence-electron chi connectivity index (χ2n) is 6.71. The molecule has 2 N–H and O–H groups in total. The van der Waals surface area contributed by atoms with Gasteiger partial charge in [0.1, 0.15) is 6.54 Å². The summed E-state index contributed by atoms with van der Waals surface area (Å²) >= 11 is 0. The third kappa shape index (κ3) is 3.22. The van der Waals surface area contributed by atoms with Crippen molar-refractivity contribution in [1.29, 1.82) is 0 Å². The van der Waals surface area contributed by atoms with Crippen LogP contribution in [0.4, 0.5) is 0 Å². The van der Waals surface area contributed by atoms with Gasteiger partial charge in [0.05, 0.1) is 5.69 Å². The lowest BCUT2D eigenvalue weighted by molar-refractivity contribution is -0.118. The number of hydrogen-bond acceptors (Lipinski definition) is 3. The quantitative estimate of drug-likeness (QED) is 0.919. The molecule has 0 bridgehead atoms. The van der Waals surface area contributed by atoms with E-state index in [0.717, 1.165) is 22.5 Å². The Bertz CT molecular complexity index is 744. The Hall–Kier alpha value is -2.14. The van der Waals surface area contributed by atoms with E-state index in [2.05, 4.69) is 41.2 Å². The fourth-order valence-corrected chi connectivity index (χ4v) is 3.71. The van der Waals surface area contributed by atoms with E-state index in [0.29, 0.717) is 6.04 Å².